The zero-order chi connectivity index (χ0) is 11.0. The number of hydrogen-bond acceptors (Lipinski definition) is 2. The molecular formula is C10H15BrO2Zn. The Bertz CT molecular complexity index is 183. The van der Waals surface area contributed by atoms with E-state index in [2.05, 4.69) is 19.5 Å². The van der Waals surface area contributed by atoms with Gasteiger partial charge in [-0.05, 0) is 33.1 Å². The molecule has 0 aromatic heterocycles. The first-order valence-corrected chi connectivity index (χ1v) is 11.6. The van der Waals surface area contributed by atoms with Gasteiger partial charge in [-0.1, -0.05) is 0 Å². The van der Waals surface area contributed by atoms with Crippen LogP contribution in [0.4, 0.5) is 0 Å². The average molecular weight is 313 g/mol. The van der Waals surface area contributed by atoms with E-state index in [1.807, 2.05) is 13.8 Å². The minimum atomic E-state index is -0.609. The van der Waals surface area contributed by atoms with Crippen LogP contribution in [0.5, 0.6) is 0 Å². The number of halogens is 1. The molecule has 0 aromatic rings. The molecule has 1 fully saturated rings. The summed E-state index contributed by atoms with van der Waals surface area (Å²) in [5.41, 5.74) is -0.609. The average Bonchev–Trinajstić information content (AvgIpc) is 2.22. The molecule has 0 aliphatic carbocycles. The fraction of sp³-hybridized carbons (Fsp3) is 0.800. The van der Waals surface area contributed by atoms with Gasteiger partial charge in [0.05, 0.1) is 5.60 Å². The monoisotopic (exact) mass is 310 g/mol. The van der Waals surface area contributed by atoms with Crippen LogP contribution in [0.3, 0.4) is 0 Å². The summed E-state index contributed by atoms with van der Waals surface area (Å²) < 4.78 is 10.9. The first-order chi connectivity index (χ1) is 6.64. The Morgan fingerprint density at radius 3 is 2.57 bits per heavy atom. The Kier molecular flexibility index (Phi) is 8.15. The van der Waals surface area contributed by atoms with Gasteiger partial charge in [-0.3, -0.25) is 0 Å². The van der Waals surface area contributed by atoms with Crippen LogP contribution in [0.25, 0.3) is 0 Å². The second kappa shape index (κ2) is 7.82. The van der Waals surface area contributed by atoms with Crippen molar-refractivity contribution in [2.24, 2.45) is 0 Å². The van der Waals surface area contributed by atoms with Crippen LogP contribution in [0, 0.1) is 12.3 Å². The SMILES string of the molecule is [C-]#CC(C)(C)OC1CCCCO1.[Zn+][Br]. The predicted molar refractivity (Wildman–Crippen MR) is 54.8 cm³/mol. The molecule has 0 N–H and O–H groups in total. The maximum atomic E-state index is 6.99. The van der Waals surface area contributed by atoms with Crippen molar-refractivity contribution in [1.82, 2.24) is 0 Å². The molecule has 0 bridgehead atoms. The van der Waals surface area contributed by atoms with Crippen LogP contribution in [0.15, 0.2) is 0 Å². The Morgan fingerprint density at radius 1 is 1.50 bits per heavy atom. The third-order valence-electron chi connectivity index (χ3n) is 1.87. The normalized spacial score (nSPS) is 21.9. The first kappa shape index (κ1) is 14.6. The third kappa shape index (κ3) is 6.14. The Balaban J connectivity index is 0.000000791. The van der Waals surface area contributed by atoms with E-state index in [-0.39, 0.29) is 6.29 Å². The molecule has 0 amide bonds. The summed E-state index contributed by atoms with van der Waals surface area (Å²) in [6.07, 6.45) is 10.1. The molecule has 0 aromatic carbocycles. The van der Waals surface area contributed by atoms with Crippen molar-refractivity contribution in [3.05, 3.63) is 6.42 Å². The zero-order valence-corrected chi connectivity index (χ0v) is 13.4. The van der Waals surface area contributed by atoms with E-state index < -0.39 is 5.60 Å². The van der Waals surface area contributed by atoms with E-state index in [9.17, 15) is 0 Å². The van der Waals surface area contributed by atoms with Crippen molar-refractivity contribution in [1.29, 1.82) is 0 Å². The van der Waals surface area contributed by atoms with Crippen LogP contribution in [-0.2, 0) is 25.8 Å². The van der Waals surface area contributed by atoms with E-state index in [0.717, 1.165) is 25.9 Å². The Morgan fingerprint density at radius 2 is 2.14 bits per heavy atom. The predicted octanol–water partition coefficient (Wildman–Crippen LogP) is 2.74. The van der Waals surface area contributed by atoms with Gasteiger partial charge in [0.15, 0.2) is 6.29 Å². The van der Waals surface area contributed by atoms with Crippen LogP contribution >= 0.6 is 13.6 Å². The second-order valence-electron chi connectivity index (χ2n) is 3.55. The molecule has 1 aliphatic heterocycles. The van der Waals surface area contributed by atoms with Crippen LogP contribution in [0.1, 0.15) is 33.1 Å². The van der Waals surface area contributed by atoms with Gasteiger partial charge >= 0.3 is 30.0 Å². The van der Waals surface area contributed by atoms with E-state index in [4.69, 9.17) is 15.9 Å². The van der Waals surface area contributed by atoms with Crippen molar-refractivity contribution < 1.29 is 25.8 Å². The summed E-state index contributed by atoms with van der Waals surface area (Å²) in [5.74, 6) is 2.34. The van der Waals surface area contributed by atoms with Gasteiger partial charge in [0.2, 0.25) is 0 Å². The topological polar surface area (TPSA) is 18.5 Å². The van der Waals surface area contributed by atoms with Gasteiger partial charge in [-0.25, -0.2) is 0 Å². The van der Waals surface area contributed by atoms with Gasteiger partial charge in [-0.15, -0.1) is 0 Å². The van der Waals surface area contributed by atoms with Crippen LogP contribution < -0.4 is 0 Å². The van der Waals surface area contributed by atoms with Gasteiger partial charge < -0.3 is 21.8 Å². The van der Waals surface area contributed by atoms with E-state index in [1.54, 1.807) is 0 Å². The van der Waals surface area contributed by atoms with Crippen LogP contribution in [-0.4, -0.2) is 18.5 Å². The molecule has 0 radical (unpaired) electrons. The quantitative estimate of drug-likeness (QED) is 0.443. The molecular weight excluding hydrogens is 297 g/mol. The first-order valence-electron chi connectivity index (χ1n) is 4.64. The molecule has 1 heterocycles. The second-order valence-corrected chi connectivity index (χ2v) is 3.55. The molecule has 1 atom stereocenters. The number of rotatable bonds is 2. The number of hydrogen-bond donors (Lipinski definition) is 0. The Labute approximate surface area is 103 Å². The van der Waals surface area contributed by atoms with Crippen molar-refractivity contribution in [3.8, 4) is 5.92 Å². The minimum absolute atomic E-state index is 0.133. The zero-order valence-electron chi connectivity index (χ0n) is 8.81. The summed E-state index contributed by atoms with van der Waals surface area (Å²) in [6.45, 7) is 4.41. The van der Waals surface area contributed by atoms with Crippen molar-refractivity contribution >= 4 is 13.6 Å². The van der Waals surface area contributed by atoms with Crippen LogP contribution in [0.2, 0.25) is 0 Å². The van der Waals surface area contributed by atoms with Gasteiger partial charge in [-0.2, -0.15) is 0 Å². The molecule has 1 rings (SSSR count). The van der Waals surface area contributed by atoms with E-state index >= 15 is 0 Å². The third-order valence-corrected chi connectivity index (χ3v) is 1.87. The van der Waals surface area contributed by atoms with E-state index in [1.165, 1.54) is 16.3 Å². The van der Waals surface area contributed by atoms with Gasteiger partial charge in [0.1, 0.15) is 0 Å². The standard InChI is InChI=1S/C10H15O2.BrH.Zn/c1-4-10(2,3)12-9-7-5-6-8-11-9;;/h9H,5-8H2,2-3H3;1H;/q-1;;+2/p-1. The fourth-order valence-corrected chi connectivity index (χ4v) is 1.16. The summed E-state index contributed by atoms with van der Waals surface area (Å²) in [7, 11) is 0. The molecule has 76 valence electrons. The summed E-state index contributed by atoms with van der Waals surface area (Å²) >= 11 is 4.25. The molecule has 1 unspecified atom stereocenters. The van der Waals surface area contributed by atoms with Crippen molar-refractivity contribution in [2.75, 3.05) is 6.61 Å². The van der Waals surface area contributed by atoms with E-state index in [0.29, 0.717) is 0 Å². The maximum absolute atomic E-state index is 6.99. The fourth-order valence-electron chi connectivity index (χ4n) is 1.16. The Hall–Kier alpha value is 0.583. The van der Waals surface area contributed by atoms with Crippen molar-refractivity contribution in [3.63, 3.8) is 0 Å². The molecule has 1 aliphatic rings. The molecule has 0 saturated carbocycles. The molecule has 14 heavy (non-hydrogen) atoms. The molecule has 4 heteroatoms. The molecule has 2 nitrogen and oxygen atoms in total. The summed E-state index contributed by atoms with van der Waals surface area (Å²) in [4.78, 5) is 0. The molecule has 1 saturated heterocycles. The van der Waals surface area contributed by atoms with Gasteiger partial charge in [0.25, 0.3) is 0 Å². The van der Waals surface area contributed by atoms with Gasteiger partial charge in [0, 0.05) is 6.61 Å². The molecule has 0 spiro atoms. The number of ether oxygens (including phenoxy) is 2. The van der Waals surface area contributed by atoms with Crippen molar-refractivity contribution in [2.45, 2.75) is 45.0 Å². The summed E-state index contributed by atoms with van der Waals surface area (Å²) in [5, 5.41) is 0. The summed E-state index contributed by atoms with van der Waals surface area (Å²) in [6, 6.07) is 0.